The van der Waals surface area contributed by atoms with Gasteiger partial charge < -0.3 is 4.42 Å². The Morgan fingerprint density at radius 3 is 2.69 bits per heavy atom. The Labute approximate surface area is 172 Å². The molecule has 5 nitrogen and oxygen atoms in total. The summed E-state index contributed by atoms with van der Waals surface area (Å²) in [6.07, 6.45) is 3.39. The van der Waals surface area contributed by atoms with E-state index in [1.807, 2.05) is 42.6 Å². The first-order valence-corrected chi connectivity index (χ1v) is 10.1. The molecule has 2 aromatic carbocycles. The summed E-state index contributed by atoms with van der Waals surface area (Å²) in [6.45, 7) is 1.78. The Kier molecular flexibility index (Phi) is 5.72. The second-order valence-corrected chi connectivity index (χ2v) is 7.45. The molecule has 144 valence electrons. The van der Waals surface area contributed by atoms with Crippen LogP contribution in [0.2, 0.25) is 0 Å². The second kappa shape index (κ2) is 8.75. The van der Waals surface area contributed by atoms with Gasteiger partial charge in [-0.15, -0.1) is 11.8 Å². The van der Waals surface area contributed by atoms with Gasteiger partial charge in [0.25, 0.3) is 5.91 Å². The second-order valence-electron chi connectivity index (χ2n) is 6.43. The number of carbonyl (C=O) groups is 1. The number of pyridine rings is 1. The van der Waals surface area contributed by atoms with Crippen molar-refractivity contribution in [1.82, 2.24) is 10.4 Å². The predicted octanol–water partition coefficient (Wildman–Crippen LogP) is 5.27. The Morgan fingerprint density at radius 1 is 1.07 bits per heavy atom. The molecule has 0 saturated heterocycles. The molecule has 0 atom stereocenters. The van der Waals surface area contributed by atoms with Crippen LogP contribution in [0.15, 0.2) is 93.6 Å². The van der Waals surface area contributed by atoms with E-state index in [0.717, 1.165) is 27.1 Å². The van der Waals surface area contributed by atoms with E-state index in [-0.39, 0.29) is 5.91 Å². The minimum atomic E-state index is -0.256. The molecule has 1 amide bonds. The Hall–Kier alpha value is -3.38. The van der Waals surface area contributed by atoms with E-state index in [2.05, 4.69) is 33.7 Å². The fraction of sp³-hybridized carbons (Fsp3) is 0.0870. The Morgan fingerprint density at radius 2 is 1.90 bits per heavy atom. The average molecular weight is 401 g/mol. The largest absolute Gasteiger partial charge is 0.463 e. The van der Waals surface area contributed by atoms with E-state index in [4.69, 9.17) is 4.42 Å². The molecule has 1 N–H and O–H groups in total. The van der Waals surface area contributed by atoms with Crippen molar-refractivity contribution in [2.75, 3.05) is 0 Å². The average Bonchev–Trinajstić information content (AvgIpc) is 3.31. The first kappa shape index (κ1) is 19.0. The number of furan rings is 1. The third-order valence-electron chi connectivity index (χ3n) is 4.41. The number of fused-ring (bicyclic) bond motifs is 1. The number of rotatable bonds is 6. The lowest BCUT2D eigenvalue weighted by Gasteiger charge is -2.06. The van der Waals surface area contributed by atoms with Gasteiger partial charge in [-0.25, -0.2) is 5.43 Å². The topological polar surface area (TPSA) is 67.5 Å². The highest BCUT2D eigenvalue weighted by Gasteiger charge is 2.07. The first-order chi connectivity index (χ1) is 14.2. The minimum absolute atomic E-state index is 0.256. The molecule has 4 aromatic rings. The maximum absolute atomic E-state index is 12.3. The van der Waals surface area contributed by atoms with Crippen molar-refractivity contribution in [2.24, 2.45) is 5.10 Å². The number of carbonyl (C=O) groups excluding carboxylic acids is 1. The molecule has 2 heterocycles. The highest BCUT2D eigenvalue weighted by atomic mass is 32.2. The summed E-state index contributed by atoms with van der Waals surface area (Å²) >= 11 is 1.73. The summed E-state index contributed by atoms with van der Waals surface area (Å²) in [5.74, 6) is 1.17. The number of hydrazone groups is 1. The molecule has 0 aliphatic carbocycles. The lowest BCUT2D eigenvalue weighted by molar-refractivity contribution is 0.0955. The summed E-state index contributed by atoms with van der Waals surface area (Å²) in [5.41, 5.74) is 5.88. The highest BCUT2D eigenvalue weighted by molar-refractivity contribution is 7.98. The molecule has 0 aliphatic rings. The smallest absolute Gasteiger partial charge is 0.271 e. The molecular weight excluding hydrogens is 382 g/mol. The van der Waals surface area contributed by atoms with Crippen molar-refractivity contribution in [3.05, 3.63) is 96.1 Å². The third kappa shape index (κ3) is 4.55. The van der Waals surface area contributed by atoms with E-state index in [1.54, 1.807) is 37.1 Å². The van der Waals surface area contributed by atoms with Crippen LogP contribution in [0.5, 0.6) is 0 Å². The summed E-state index contributed by atoms with van der Waals surface area (Å²) in [4.78, 5) is 17.9. The van der Waals surface area contributed by atoms with E-state index < -0.39 is 0 Å². The number of nitrogens with zero attached hydrogens (tertiary/aromatic N) is 2. The van der Waals surface area contributed by atoms with Crippen LogP contribution in [0.25, 0.3) is 10.9 Å². The van der Waals surface area contributed by atoms with Crippen molar-refractivity contribution >= 4 is 34.3 Å². The molecule has 29 heavy (non-hydrogen) atoms. The minimum Gasteiger partial charge on any atom is -0.463 e. The van der Waals surface area contributed by atoms with Gasteiger partial charge >= 0.3 is 0 Å². The van der Waals surface area contributed by atoms with Crippen LogP contribution in [0.1, 0.15) is 28.6 Å². The van der Waals surface area contributed by atoms with Gasteiger partial charge in [0.05, 0.1) is 11.8 Å². The zero-order valence-electron chi connectivity index (χ0n) is 15.8. The molecule has 0 spiro atoms. The number of benzene rings is 2. The number of para-hydroxylation sites is 1. The van der Waals surface area contributed by atoms with Gasteiger partial charge in [-0.1, -0.05) is 30.3 Å². The van der Waals surface area contributed by atoms with Crippen LogP contribution in [0.4, 0.5) is 0 Å². The summed E-state index contributed by atoms with van der Waals surface area (Å²) in [5, 5.41) is 5.22. The molecule has 4 rings (SSSR count). The molecule has 2 aromatic heterocycles. The molecule has 0 bridgehead atoms. The van der Waals surface area contributed by atoms with Crippen molar-refractivity contribution in [3.8, 4) is 0 Å². The van der Waals surface area contributed by atoms with Crippen molar-refractivity contribution in [2.45, 2.75) is 17.6 Å². The quantitative estimate of drug-likeness (QED) is 0.271. The zero-order valence-corrected chi connectivity index (χ0v) is 16.6. The molecular formula is C23H19N3O2S. The predicted molar refractivity (Wildman–Crippen MR) is 116 cm³/mol. The van der Waals surface area contributed by atoms with Crippen molar-refractivity contribution in [1.29, 1.82) is 0 Å². The normalized spacial score (nSPS) is 11.6. The molecule has 0 aliphatic heterocycles. The lowest BCUT2D eigenvalue weighted by Crippen LogP contribution is -2.19. The van der Waals surface area contributed by atoms with Gasteiger partial charge in [0, 0.05) is 27.8 Å². The summed E-state index contributed by atoms with van der Waals surface area (Å²) in [7, 11) is 0. The molecule has 0 fully saturated rings. The maximum atomic E-state index is 12.3. The van der Waals surface area contributed by atoms with Crippen LogP contribution < -0.4 is 5.43 Å². The fourth-order valence-corrected chi connectivity index (χ4v) is 3.84. The van der Waals surface area contributed by atoms with Gasteiger partial charge in [-0.2, -0.15) is 5.10 Å². The fourth-order valence-electron chi connectivity index (χ4n) is 2.84. The number of amides is 1. The first-order valence-electron chi connectivity index (χ1n) is 9.15. The molecule has 0 radical (unpaired) electrons. The van der Waals surface area contributed by atoms with Crippen molar-refractivity contribution < 1.29 is 9.21 Å². The van der Waals surface area contributed by atoms with Crippen LogP contribution in [0, 0.1) is 0 Å². The third-order valence-corrected chi connectivity index (χ3v) is 5.53. The van der Waals surface area contributed by atoms with E-state index in [0.29, 0.717) is 17.0 Å². The SMILES string of the molecule is CC(=NNC(=O)c1ccc(CSc2cccc3cccnc23)cc1)c1ccco1. The van der Waals surface area contributed by atoms with Gasteiger partial charge in [0.15, 0.2) is 0 Å². The van der Waals surface area contributed by atoms with Gasteiger partial charge in [0.2, 0.25) is 0 Å². The van der Waals surface area contributed by atoms with Gasteiger partial charge in [-0.3, -0.25) is 9.78 Å². The van der Waals surface area contributed by atoms with Crippen LogP contribution >= 0.6 is 11.8 Å². The monoisotopic (exact) mass is 401 g/mol. The lowest BCUT2D eigenvalue weighted by atomic mass is 10.1. The molecule has 0 unspecified atom stereocenters. The number of nitrogens with one attached hydrogen (secondary N) is 1. The van der Waals surface area contributed by atoms with Crippen LogP contribution in [0.3, 0.4) is 0 Å². The van der Waals surface area contributed by atoms with Crippen LogP contribution in [-0.2, 0) is 5.75 Å². The molecule has 6 heteroatoms. The van der Waals surface area contributed by atoms with Gasteiger partial charge in [-0.05, 0) is 48.9 Å². The van der Waals surface area contributed by atoms with Crippen molar-refractivity contribution in [3.63, 3.8) is 0 Å². The Bertz CT molecular complexity index is 1150. The number of hydrogen-bond acceptors (Lipinski definition) is 5. The van der Waals surface area contributed by atoms with Gasteiger partial charge in [0.1, 0.15) is 11.5 Å². The highest BCUT2D eigenvalue weighted by Crippen LogP contribution is 2.28. The summed E-state index contributed by atoms with van der Waals surface area (Å²) < 4.78 is 5.25. The number of aromatic nitrogens is 1. The van der Waals surface area contributed by atoms with E-state index >= 15 is 0 Å². The number of hydrogen-bond donors (Lipinski definition) is 1. The Balaban J connectivity index is 1.39. The molecule has 0 saturated carbocycles. The zero-order chi connectivity index (χ0) is 20.1. The van der Waals surface area contributed by atoms with E-state index in [1.165, 1.54) is 0 Å². The summed E-state index contributed by atoms with van der Waals surface area (Å²) in [6, 6.07) is 21.3. The van der Waals surface area contributed by atoms with Crippen LogP contribution in [-0.4, -0.2) is 16.6 Å². The standard InChI is InChI=1S/C23H19N3O2S/c1-16(20-7-4-14-28-20)25-26-23(27)19-11-9-17(10-12-19)15-29-21-8-2-5-18-6-3-13-24-22(18)21/h2-14H,15H2,1H3,(H,26,27). The maximum Gasteiger partial charge on any atom is 0.271 e. The number of thioether (sulfide) groups is 1. The van der Waals surface area contributed by atoms with E-state index in [9.17, 15) is 4.79 Å².